The second kappa shape index (κ2) is 7.93. The zero-order valence-corrected chi connectivity index (χ0v) is 14.8. The average Bonchev–Trinajstić information content (AvgIpc) is 2.65. The molecule has 0 spiro atoms. The molecule has 0 aliphatic rings. The van der Waals surface area contributed by atoms with Crippen molar-refractivity contribution in [3.05, 3.63) is 64.2 Å². The summed E-state index contributed by atoms with van der Waals surface area (Å²) in [4.78, 5) is 21.7. The van der Waals surface area contributed by atoms with Gasteiger partial charge in [-0.05, 0) is 30.2 Å². The Morgan fingerprint density at radius 2 is 1.88 bits per heavy atom. The molecule has 10 heteroatoms. The number of aryl methyl sites for hydroxylation is 1. The molecule has 0 heterocycles. The van der Waals surface area contributed by atoms with Crippen molar-refractivity contribution in [1.82, 2.24) is 5.43 Å². The molecule has 2 rings (SSSR count). The number of rotatable bonds is 7. The van der Waals surface area contributed by atoms with Crippen LogP contribution in [0, 0.1) is 10.1 Å². The highest BCUT2D eigenvalue weighted by Gasteiger charge is 2.28. The van der Waals surface area contributed by atoms with E-state index in [-0.39, 0.29) is 16.3 Å². The number of nitro benzene ring substituents is 1. The lowest BCUT2D eigenvalue weighted by molar-refractivity contribution is -0.385. The third-order valence-electron chi connectivity index (χ3n) is 3.70. The second-order valence-electron chi connectivity index (χ2n) is 5.35. The molecule has 0 atom stereocenters. The molecule has 26 heavy (non-hydrogen) atoms. The molecule has 0 aliphatic heterocycles. The summed E-state index contributed by atoms with van der Waals surface area (Å²) in [5.41, 5.74) is 2.76. The fourth-order valence-electron chi connectivity index (χ4n) is 2.27. The van der Waals surface area contributed by atoms with Crippen molar-refractivity contribution in [3.63, 3.8) is 0 Å². The maximum Gasteiger partial charge on any atom is 0.270 e. The zero-order valence-electron chi connectivity index (χ0n) is 14.0. The predicted molar refractivity (Wildman–Crippen MR) is 95.8 cm³/mol. The lowest BCUT2D eigenvalue weighted by Gasteiger charge is -2.23. The van der Waals surface area contributed by atoms with E-state index in [0.717, 1.165) is 22.4 Å². The standard InChI is InChI=1S/C16H18N4O5S/c1-2-12-6-8-13(9-7-12)19(11-16(21)18-17)26(24,25)15-5-3-4-14(10-15)20(22)23/h3-10H,2,11,17H2,1H3,(H,18,21). The second-order valence-corrected chi connectivity index (χ2v) is 7.22. The summed E-state index contributed by atoms with van der Waals surface area (Å²) >= 11 is 0. The van der Waals surface area contributed by atoms with Gasteiger partial charge >= 0.3 is 0 Å². The van der Waals surface area contributed by atoms with Crippen LogP contribution in [0.1, 0.15) is 12.5 Å². The van der Waals surface area contributed by atoms with Crippen LogP contribution in [-0.2, 0) is 21.2 Å². The summed E-state index contributed by atoms with van der Waals surface area (Å²) in [5.74, 6) is 4.36. The van der Waals surface area contributed by atoms with E-state index < -0.39 is 27.4 Å². The number of nitro groups is 1. The number of nitrogens with zero attached hydrogens (tertiary/aromatic N) is 2. The summed E-state index contributed by atoms with van der Waals surface area (Å²) in [6.07, 6.45) is 0.765. The molecule has 2 aromatic rings. The van der Waals surface area contributed by atoms with Crippen LogP contribution in [0.3, 0.4) is 0 Å². The van der Waals surface area contributed by atoms with E-state index in [4.69, 9.17) is 5.84 Å². The summed E-state index contributed by atoms with van der Waals surface area (Å²) in [7, 11) is -4.22. The first-order valence-corrected chi connectivity index (χ1v) is 9.09. The Kier molecular flexibility index (Phi) is 5.90. The predicted octanol–water partition coefficient (Wildman–Crippen LogP) is 1.34. The molecule has 0 unspecified atom stereocenters. The number of benzene rings is 2. The molecule has 1 amide bonds. The third-order valence-corrected chi connectivity index (χ3v) is 5.47. The number of non-ortho nitro benzene ring substituents is 1. The SMILES string of the molecule is CCc1ccc(N(CC(=O)NN)S(=O)(=O)c2cccc([N+](=O)[O-])c2)cc1. The van der Waals surface area contributed by atoms with Crippen LogP contribution in [0.5, 0.6) is 0 Å². The highest BCUT2D eigenvalue weighted by Crippen LogP contribution is 2.26. The summed E-state index contributed by atoms with van der Waals surface area (Å²) < 4.78 is 26.8. The van der Waals surface area contributed by atoms with Crippen LogP contribution in [0.4, 0.5) is 11.4 Å². The molecule has 9 nitrogen and oxygen atoms in total. The molecule has 0 radical (unpaired) electrons. The first-order valence-electron chi connectivity index (χ1n) is 7.65. The van der Waals surface area contributed by atoms with E-state index in [0.29, 0.717) is 0 Å². The quantitative estimate of drug-likeness (QED) is 0.323. The smallest absolute Gasteiger partial charge is 0.270 e. The number of nitrogens with one attached hydrogen (secondary N) is 1. The van der Waals surface area contributed by atoms with Crippen molar-refractivity contribution in [2.24, 2.45) is 5.84 Å². The molecule has 0 aliphatic carbocycles. The van der Waals surface area contributed by atoms with Crippen molar-refractivity contribution in [1.29, 1.82) is 0 Å². The van der Waals surface area contributed by atoms with Crippen LogP contribution in [0.25, 0.3) is 0 Å². The van der Waals surface area contributed by atoms with E-state index in [2.05, 4.69) is 0 Å². The van der Waals surface area contributed by atoms with Gasteiger partial charge in [-0.15, -0.1) is 0 Å². The largest absolute Gasteiger partial charge is 0.293 e. The van der Waals surface area contributed by atoms with E-state index in [1.165, 1.54) is 18.2 Å². The fourth-order valence-corrected chi connectivity index (χ4v) is 3.73. The average molecular weight is 378 g/mol. The van der Waals surface area contributed by atoms with Gasteiger partial charge < -0.3 is 0 Å². The fraction of sp³-hybridized carbons (Fsp3) is 0.188. The number of nitrogens with two attached hydrogens (primary N) is 1. The van der Waals surface area contributed by atoms with Crippen molar-refractivity contribution in [2.75, 3.05) is 10.8 Å². The van der Waals surface area contributed by atoms with Gasteiger partial charge in [0.25, 0.3) is 21.6 Å². The minimum absolute atomic E-state index is 0.248. The lowest BCUT2D eigenvalue weighted by atomic mass is 10.1. The van der Waals surface area contributed by atoms with E-state index in [9.17, 15) is 23.3 Å². The highest BCUT2D eigenvalue weighted by atomic mass is 32.2. The monoisotopic (exact) mass is 378 g/mol. The normalized spacial score (nSPS) is 11.0. The molecule has 3 N–H and O–H groups in total. The number of anilines is 1. The minimum Gasteiger partial charge on any atom is -0.293 e. The van der Waals surface area contributed by atoms with Gasteiger partial charge in [-0.25, -0.2) is 14.3 Å². The Hall–Kier alpha value is -2.98. The number of hydrazine groups is 1. The maximum absolute atomic E-state index is 13.0. The van der Waals surface area contributed by atoms with Crippen LogP contribution in [0.2, 0.25) is 0 Å². The lowest BCUT2D eigenvalue weighted by Crippen LogP contribution is -2.43. The van der Waals surface area contributed by atoms with Crippen LogP contribution >= 0.6 is 0 Å². The Balaban J connectivity index is 2.53. The van der Waals surface area contributed by atoms with Crippen molar-refractivity contribution < 1.29 is 18.1 Å². The molecule has 0 fully saturated rings. The molecular weight excluding hydrogens is 360 g/mol. The first kappa shape index (κ1) is 19.3. The third kappa shape index (κ3) is 4.16. The van der Waals surface area contributed by atoms with Gasteiger partial charge in [0, 0.05) is 12.1 Å². The topological polar surface area (TPSA) is 136 Å². The van der Waals surface area contributed by atoms with Crippen LogP contribution in [0.15, 0.2) is 53.4 Å². The van der Waals surface area contributed by atoms with Crippen molar-refractivity contribution in [2.45, 2.75) is 18.2 Å². The zero-order chi connectivity index (χ0) is 19.3. The van der Waals surface area contributed by atoms with Crippen molar-refractivity contribution >= 4 is 27.3 Å². The van der Waals surface area contributed by atoms with Gasteiger partial charge in [0.1, 0.15) is 6.54 Å². The van der Waals surface area contributed by atoms with E-state index >= 15 is 0 Å². The molecule has 0 saturated heterocycles. The molecule has 0 saturated carbocycles. The molecule has 138 valence electrons. The van der Waals surface area contributed by atoms with E-state index in [1.54, 1.807) is 24.3 Å². The Morgan fingerprint density at radius 3 is 2.42 bits per heavy atom. The van der Waals surface area contributed by atoms with Gasteiger partial charge in [-0.1, -0.05) is 25.1 Å². The summed E-state index contributed by atoms with van der Waals surface area (Å²) in [6.45, 7) is 1.39. The Bertz CT molecular complexity index is 912. The Morgan fingerprint density at radius 1 is 1.23 bits per heavy atom. The van der Waals surface area contributed by atoms with E-state index in [1.807, 2.05) is 12.3 Å². The Labute approximate surface area is 150 Å². The van der Waals surface area contributed by atoms with Gasteiger partial charge in [-0.3, -0.25) is 24.6 Å². The van der Waals surface area contributed by atoms with Gasteiger partial charge in [0.15, 0.2) is 0 Å². The van der Waals surface area contributed by atoms with Gasteiger partial charge in [0.2, 0.25) is 0 Å². The number of carbonyl (C=O) groups is 1. The van der Waals surface area contributed by atoms with Crippen LogP contribution in [-0.4, -0.2) is 25.8 Å². The highest BCUT2D eigenvalue weighted by molar-refractivity contribution is 7.92. The first-order chi connectivity index (χ1) is 12.3. The molecular formula is C16H18N4O5S. The minimum atomic E-state index is -4.22. The van der Waals surface area contributed by atoms with Crippen LogP contribution < -0.4 is 15.6 Å². The molecule has 0 bridgehead atoms. The number of hydrogen-bond acceptors (Lipinski definition) is 6. The molecule has 0 aromatic heterocycles. The van der Waals surface area contributed by atoms with Crippen molar-refractivity contribution in [3.8, 4) is 0 Å². The molecule has 2 aromatic carbocycles. The van der Waals surface area contributed by atoms with Gasteiger partial charge in [-0.2, -0.15) is 0 Å². The number of carbonyl (C=O) groups excluding carboxylic acids is 1. The number of amides is 1. The number of sulfonamides is 1. The van der Waals surface area contributed by atoms with Gasteiger partial charge in [0.05, 0.1) is 15.5 Å². The number of hydrogen-bond donors (Lipinski definition) is 2. The summed E-state index contributed by atoms with van der Waals surface area (Å²) in [5, 5.41) is 10.9. The summed E-state index contributed by atoms with van der Waals surface area (Å²) in [6, 6.07) is 11.3. The maximum atomic E-state index is 13.0.